The van der Waals surface area contributed by atoms with Crippen molar-refractivity contribution < 1.29 is 14.4 Å². The van der Waals surface area contributed by atoms with Crippen LogP contribution in [0.1, 0.15) is 10.4 Å². The molecule has 0 saturated carbocycles. The van der Waals surface area contributed by atoms with Crippen LogP contribution in [0.2, 0.25) is 0 Å². The topological polar surface area (TPSA) is 59.0 Å². The molecule has 4 rings (SSSR count). The van der Waals surface area contributed by atoms with Gasteiger partial charge in [0.05, 0.1) is 9.90 Å². The molecule has 0 radical (unpaired) electrons. The minimum absolute atomic E-state index is 0.275. The van der Waals surface area contributed by atoms with Gasteiger partial charge in [-0.2, -0.15) is 0 Å². The number of hydrogen-bond acceptors (Lipinski definition) is 6. The van der Waals surface area contributed by atoms with Crippen molar-refractivity contribution in [2.45, 2.75) is 17.2 Å². The summed E-state index contributed by atoms with van der Waals surface area (Å²) in [5.74, 6) is -1.30. The molecule has 2 atom stereocenters. The van der Waals surface area contributed by atoms with E-state index in [1.54, 1.807) is 47.4 Å². The van der Waals surface area contributed by atoms with Gasteiger partial charge in [0.25, 0.3) is 5.91 Å². The number of thiophene rings is 1. The zero-order valence-electron chi connectivity index (χ0n) is 13.1. The second-order valence-electron chi connectivity index (χ2n) is 5.59. The van der Waals surface area contributed by atoms with E-state index in [0.29, 0.717) is 11.4 Å². The number of carbonyl (C=O) groups is 2. The molecule has 5 nitrogen and oxygen atoms in total. The smallest absolute Gasteiger partial charge is 0.278 e. The van der Waals surface area contributed by atoms with Crippen LogP contribution in [-0.4, -0.2) is 29.9 Å². The molecule has 0 bridgehead atoms. The van der Waals surface area contributed by atoms with E-state index in [4.69, 9.17) is 4.84 Å². The molecule has 7 heteroatoms. The number of benzene rings is 1. The van der Waals surface area contributed by atoms with Crippen LogP contribution in [-0.2, 0) is 14.4 Å². The third-order valence-electron chi connectivity index (χ3n) is 4.11. The van der Waals surface area contributed by atoms with Gasteiger partial charge >= 0.3 is 0 Å². The van der Waals surface area contributed by atoms with Crippen LogP contribution in [0.3, 0.4) is 0 Å². The van der Waals surface area contributed by atoms with Crippen molar-refractivity contribution in [1.82, 2.24) is 0 Å². The Bertz CT molecular complexity index is 860. The number of aryl methyl sites for hydroxylation is 1. The molecule has 122 valence electrons. The van der Waals surface area contributed by atoms with Crippen molar-refractivity contribution in [2.75, 3.05) is 11.2 Å². The van der Waals surface area contributed by atoms with Gasteiger partial charge in [-0.3, -0.25) is 9.59 Å². The van der Waals surface area contributed by atoms with Gasteiger partial charge < -0.3 is 4.84 Å². The monoisotopic (exact) mass is 358 g/mol. The van der Waals surface area contributed by atoms with Gasteiger partial charge in [-0.05, 0) is 31.4 Å². The number of hydrogen-bond donors (Lipinski definition) is 0. The number of carbonyl (C=O) groups excluding carboxylic acids is 2. The normalized spacial score (nSPS) is 22.6. The van der Waals surface area contributed by atoms with Gasteiger partial charge in [0.2, 0.25) is 12.0 Å². The van der Waals surface area contributed by atoms with E-state index in [9.17, 15) is 9.59 Å². The van der Waals surface area contributed by atoms with E-state index in [-0.39, 0.29) is 11.8 Å². The summed E-state index contributed by atoms with van der Waals surface area (Å²) >= 11 is 3.26. The lowest BCUT2D eigenvalue weighted by Crippen LogP contribution is -2.33. The van der Waals surface area contributed by atoms with Crippen molar-refractivity contribution in [3.8, 4) is 0 Å². The van der Waals surface area contributed by atoms with Gasteiger partial charge in [-0.25, -0.2) is 4.90 Å². The maximum absolute atomic E-state index is 12.9. The van der Waals surface area contributed by atoms with Crippen LogP contribution < -0.4 is 4.90 Å². The Morgan fingerprint density at radius 3 is 2.67 bits per heavy atom. The third kappa shape index (κ3) is 2.19. The first-order valence-electron chi connectivity index (χ1n) is 7.43. The molecule has 0 aliphatic carbocycles. The first-order chi connectivity index (χ1) is 11.6. The van der Waals surface area contributed by atoms with Crippen molar-refractivity contribution in [3.05, 3.63) is 46.8 Å². The molecular formula is C17H14N2O3S2. The molecule has 1 aromatic carbocycles. The first-order valence-corrected chi connectivity index (χ1v) is 9.47. The van der Waals surface area contributed by atoms with Crippen molar-refractivity contribution >= 4 is 46.3 Å². The standard InChI is InChI=1S/C17H14N2O3S2/c1-9-8-11(17(23-2)24-9)13-12-14(22-18-13)16(21)19(15(12)20)10-6-4-3-5-7-10/h3-8,12,14H,1-2H3/t12-,14+/m1/s1. The van der Waals surface area contributed by atoms with Crippen LogP contribution in [0, 0.1) is 12.8 Å². The number of rotatable bonds is 3. The first kappa shape index (κ1) is 15.4. The number of anilines is 1. The van der Waals surface area contributed by atoms with E-state index in [1.165, 1.54) is 4.90 Å². The predicted molar refractivity (Wildman–Crippen MR) is 94.7 cm³/mol. The highest BCUT2D eigenvalue weighted by Gasteiger charge is 2.56. The Hall–Kier alpha value is -2.12. The number of oxime groups is 1. The van der Waals surface area contributed by atoms with Crippen molar-refractivity contribution in [3.63, 3.8) is 0 Å². The van der Waals surface area contributed by atoms with Crippen LogP contribution in [0.5, 0.6) is 0 Å². The lowest BCUT2D eigenvalue weighted by Gasteiger charge is -2.15. The fraction of sp³-hybridized carbons (Fsp3) is 0.235. The highest BCUT2D eigenvalue weighted by Crippen LogP contribution is 2.39. The molecular weight excluding hydrogens is 344 g/mol. The zero-order valence-corrected chi connectivity index (χ0v) is 14.7. The Kier molecular flexibility index (Phi) is 3.69. The van der Waals surface area contributed by atoms with E-state index in [0.717, 1.165) is 14.6 Å². The SMILES string of the molecule is CSc1sc(C)cc1C1=NO[C@@H]2C(=O)N(c3ccccc3)C(=O)[C@H]12. The summed E-state index contributed by atoms with van der Waals surface area (Å²) in [5, 5.41) is 4.08. The summed E-state index contributed by atoms with van der Waals surface area (Å²) < 4.78 is 1.08. The molecule has 1 fully saturated rings. The van der Waals surface area contributed by atoms with Crippen molar-refractivity contribution in [1.29, 1.82) is 0 Å². The summed E-state index contributed by atoms with van der Waals surface area (Å²) in [6, 6.07) is 10.9. The Labute approximate surface area is 147 Å². The summed E-state index contributed by atoms with van der Waals surface area (Å²) in [4.78, 5) is 33.3. The molecule has 2 aromatic rings. The summed E-state index contributed by atoms with van der Waals surface area (Å²) in [5.41, 5.74) is 2.02. The van der Waals surface area contributed by atoms with Gasteiger partial charge in [0.15, 0.2) is 0 Å². The van der Waals surface area contributed by atoms with E-state index in [1.807, 2.05) is 25.3 Å². The summed E-state index contributed by atoms with van der Waals surface area (Å²) in [7, 11) is 0. The Balaban J connectivity index is 1.73. The highest BCUT2D eigenvalue weighted by atomic mass is 32.2. The average molecular weight is 358 g/mol. The maximum atomic E-state index is 12.9. The van der Waals surface area contributed by atoms with Crippen LogP contribution in [0.4, 0.5) is 5.69 Å². The quantitative estimate of drug-likeness (QED) is 0.625. The Morgan fingerprint density at radius 1 is 1.21 bits per heavy atom. The molecule has 1 saturated heterocycles. The maximum Gasteiger partial charge on any atom is 0.278 e. The number of amides is 2. The third-order valence-corrected chi connectivity index (χ3v) is 6.29. The minimum Gasteiger partial charge on any atom is -0.381 e. The molecule has 2 aliphatic heterocycles. The molecule has 1 aromatic heterocycles. The van der Waals surface area contributed by atoms with Crippen LogP contribution in [0.25, 0.3) is 0 Å². The fourth-order valence-electron chi connectivity index (χ4n) is 3.05. The average Bonchev–Trinajstić information content (AvgIpc) is 3.24. The molecule has 0 unspecified atom stereocenters. The number of nitrogens with zero attached hydrogens (tertiary/aromatic N) is 2. The van der Waals surface area contributed by atoms with E-state index < -0.39 is 12.0 Å². The number of para-hydroxylation sites is 1. The second kappa shape index (κ2) is 5.75. The van der Waals surface area contributed by atoms with Gasteiger partial charge in [-0.15, -0.1) is 23.1 Å². The highest BCUT2D eigenvalue weighted by molar-refractivity contribution is 8.00. The largest absolute Gasteiger partial charge is 0.381 e. The number of imide groups is 1. The number of thioether (sulfide) groups is 1. The van der Waals surface area contributed by atoms with Gasteiger partial charge in [-0.1, -0.05) is 23.4 Å². The van der Waals surface area contributed by atoms with Crippen molar-refractivity contribution in [2.24, 2.45) is 11.1 Å². The lowest BCUT2D eigenvalue weighted by atomic mass is 9.95. The van der Waals surface area contributed by atoms with E-state index >= 15 is 0 Å². The molecule has 0 spiro atoms. The molecule has 2 aliphatic rings. The van der Waals surface area contributed by atoms with Crippen LogP contribution >= 0.6 is 23.1 Å². The Morgan fingerprint density at radius 2 is 1.96 bits per heavy atom. The summed E-state index contributed by atoms with van der Waals surface area (Å²) in [6.07, 6.45) is 1.13. The van der Waals surface area contributed by atoms with E-state index in [2.05, 4.69) is 5.16 Å². The lowest BCUT2D eigenvalue weighted by molar-refractivity contribution is -0.126. The second-order valence-corrected chi connectivity index (χ2v) is 7.92. The van der Waals surface area contributed by atoms with Gasteiger partial charge in [0.1, 0.15) is 11.6 Å². The number of fused-ring (bicyclic) bond motifs is 1. The molecule has 3 heterocycles. The minimum atomic E-state index is -0.859. The zero-order chi connectivity index (χ0) is 16.8. The molecule has 0 N–H and O–H groups in total. The van der Waals surface area contributed by atoms with Gasteiger partial charge in [0, 0.05) is 10.4 Å². The summed E-state index contributed by atoms with van der Waals surface area (Å²) in [6.45, 7) is 2.01. The predicted octanol–water partition coefficient (Wildman–Crippen LogP) is 3.07. The molecule has 24 heavy (non-hydrogen) atoms. The molecule has 2 amide bonds. The van der Waals surface area contributed by atoms with Crippen LogP contribution in [0.15, 0.2) is 45.8 Å². The fourth-order valence-corrected chi connectivity index (χ4v) is 4.91.